The van der Waals surface area contributed by atoms with Gasteiger partial charge >= 0.3 is 5.97 Å². The summed E-state index contributed by atoms with van der Waals surface area (Å²) in [7, 11) is 1.40. The summed E-state index contributed by atoms with van der Waals surface area (Å²) in [6, 6.07) is 19.9. The van der Waals surface area contributed by atoms with Gasteiger partial charge in [-0.2, -0.15) is 0 Å². The van der Waals surface area contributed by atoms with Crippen molar-refractivity contribution in [1.82, 2.24) is 13.9 Å². The van der Waals surface area contributed by atoms with Crippen molar-refractivity contribution in [1.29, 1.82) is 0 Å². The fourth-order valence-corrected chi connectivity index (χ4v) is 5.54. The summed E-state index contributed by atoms with van der Waals surface area (Å²) >= 11 is 1.47. The summed E-state index contributed by atoms with van der Waals surface area (Å²) in [5.74, 6) is 6.34. The lowest BCUT2D eigenvalue weighted by atomic mass is 10.0. The van der Waals surface area contributed by atoms with Gasteiger partial charge in [0.25, 0.3) is 5.91 Å². The zero-order valence-electron chi connectivity index (χ0n) is 22.9. The highest BCUT2D eigenvalue weighted by atomic mass is 32.2. The first-order valence-electron chi connectivity index (χ1n) is 13.5. The molecule has 2 saturated heterocycles. The molecule has 3 aromatic rings. The molecule has 1 amide bonds. The molecular weight excluding hydrogens is 524 g/mol. The summed E-state index contributed by atoms with van der Waals surface area (Å²) in [5, 5.41) is 1.95. The Kier molecular flexibility index (Phi) is 9.24. The average Bonchev–Trinajstić information content (AvgIpc) is 3.02. The second-order valence-corrected chi connectivity index (χ2v) is 10.7. The van der Waals surface area contributed by atoms with Gasteiger partial charge in [0.15, 0.2) is 0 Å². The van der Waals surface area contributed by atoms with E-state index in [9.17, 15) is 9.59 Å². The van der Waals surface area contributed by atoms with E-state index in [2.05, 4.69) is 50.0 Å². The van der Waals surface area contributed by atoms with Crippen molar-refractivity contribution in [2.75, 3.05) is 64.5 Å². The normalized spacial score (nSPS) is 16.8. The lowest BCUT2D eigenvalue weighted by molar-refractivity contribution is -0.142. The van der Waals surface area contributed by atoms with Crippen LogP contribution in [0.25, 0.3) is 10.8 Å². The zero-order chi connectivity index (χ0) is 27.9. The molecule has 0 radical (unpaired) electrons. The molecule has 2 heterocycles. The van der Waals surface area contributed by atoms with Gasteiger partial charge in [0.05, 0.1) is 20.3 Å². The number of amides is 1. The summed E-state index contributed by atoms with van der Waals surface area (Å²) in [6.07, 6.45) is 0. The highest BCUT2D eigenvalue weighted by Crippen LogP contribution is 2.23. The van der Waals surface area contributed by atoms with E-state index in [-0.39, 0.29) is 17.9 Å². The topological polar surface area (TPSA) is 74.4 Å². The maximum Gasteiger partial charge on any atom is 0.323 e. The molecule has 2 aliphatic rings. The van der Waals surface area contributed by atoms with Crippen LogP contribution in [0.2, 0.25) is 0 Å². The van der Waals surface area contributed by atoms with Crippen LogP contribution < -0.4 is 9.62 Å². The molecule has 3 aromatic carbocycles. The number of esters is 1. The van der Waals surface area contributed by atoms with E-state index in [4.69, 9.17) is 9.47 Å². The van der Waals surface area contributed by atoms with E-state index < -0.39 is 0 Å². The van der Waals surface area contributed by atoms with Crippen LogP contribution in [0.3, 0.4) is 0 Å². The standard InChI is InChI=1S/C31H34N4O4S/c1-23(31(37)38-2)32-40-35-16-14-33(15-17-35)27-12-9-24(10-13-27)6-7-25-8-11-26-4-3-5-28(29(26)22-25)30(36)34-18-20-39-21-19-34/h3-5,8-13,22-23,32H,14-21H2,1-2H3/t23-/m1/s1. The molecule has 2 aliphatic heterocycles. The lowest BCUT2D eigenvalue weighted by Gasteiger charge is -2.35. The third-order valence-corrected chi connectivity index (χ3v) is 8.23. The van der Waals surface area contributed by atoms with Crippen molar-refractivity contribution in [2.45, 2.75) is 13.0 Å². The largest absolute Gasteiger partial charge is 0.468 e. The molecule has 40 heavy (non-hydrogen) atoms. The molecule has 8 nitrogen and oxygen atoms in total. The number of hydrogen-bond acceptors (Lipinski definition) is 8. The zero-order valence-corrected chi connectivity index (χ0v) is 23.7. The second kappa shape index (κ2) is 13.2. The molecule has 5 rings (SSSR count). The first-order valence-corrected chi connectivity index (χ1v) is 14.3. The number of piperazine rings is 1. The van der Waals surface area contributed by atoms with Crippen LogP contribution in [0.4, 0.5) is 5.69 Å². The Labute approximate surface area is 239 Å². The molecule has 1 N–H and O–H groups in total. The fourth-order valence-electron chi connectivity index (χ4n) is 4.79. The van der Waals surface area contributed by atoms with Crippen LogP contribution in [-0.4, -0.2) is 86.7 Å². The van der Waals surface area contributed by atoms with Crippen molar-refractivity contribution in [3.05, 3.63) is 77.4 Å². The minimum atomic E-state index is -0.351. The van der Waals surface area contributed by atoms with Crippen molar-refractivity contribution < 1.29 is 19.1 Å². The van der Waals surface area contributed by atoms with Crippen LogP contribution in [0.5, 0.6) is 0 Å². The number of nitrogens with one attached hydrogen (secondary N) is 1. The number of methoxy groups -OCH3 is 1. The van der Waals surface area contributed by atoms with Crippen LogP contribution in [-0.2, 0) is 14.3 Å². The average molecular weight is 559 g/mol. The van der Waals surface area contributed by atoms with Gasteiger partial charge in [-0.25, -0.2) is 9.03 Å². The Hall–Kier alpha value is -3.55. The Morgan fingerprint density at radius 2 is 1.62 bits per heavy atom. The summed E-state index contributed by atoms with van der Waals surface area (Å²) in [6.45, 7) is 7.75. The number of anilines is 1. The van der Waals surface area contributed by atoms with Crippen molar-refractivity contribution in [3.8, 4) is 11.8 Å². The Balaban J connectivity index is 1.21. The number of carbonyl (C=O) groups excluding carboxylic acids is 2. The SMILES string of the molecule is COC(=O)[C@@H](C)NSN1CCN(c2ccc(C#Cc3ccc4cccc(C(=O)N5CCOCC5)c4c3)cc2)CC1. The molecule has 0 unspecified atom stereocenters. The summed E-state index contributed by atoms with van der Waals surface area (Å²) in [4.78, 5) is 29.0. The van der Waals surface area contributed by atoms with E-state index in [1.807, 2.05) is 41.3 Å². The Morgan fingerprint density at radius 3 is 2.35 bits per heavy atom. The molecule has 0 saturated carbocycles. The number of morpholine rings is 1. The minimum Gasteiger partial charge on any atom is -0.468 e. The Bertz CT molecular complexity index is 1400. The van der Waals surface area contributed by atoms with Crippen molar-refractivity contribution in [3.63, 3.8) is 0 Å². The van der Waals surface area contributed by atoms with Gasteiger partial charge in [-0.1, -0.05) is 30.0 Å². The Morgan fingerprint density at radius 1 is 0.925 bits per heavy atom. The molecule has 2 fully saturated rings. The maximum atomic E-state index is 13.2. The lowest BCUT2D eigenvalue weighted by Crippen LogP contribution is -2.45. The van der Waals surface area contributed by atoms with Gasteiger partial charge < -0.3 is 19.3 Å². The molecule has 208 valence electrons. The predicted octanol–water partition coefficient (Wildman–Crippen LogP) is 3.55. The molecule has 0 bridgehead atoms. The quantitative estimate of drug-likeness (QED) is 0.280. The van der Waals surface area contributed by atoms with E-state index in [0.29, 0.717) is 31.9 Å². The van der Waals surface area contributed by atoms with Gasteiger partial charge in [-0.05, 0) is 60.2 Å². The molecule has 9 heteroatoms. The van der Waals surface area contributed by atoms with Gasteiger partial charge in [0, 0.05) is 73.8 Å². The first-order chi connectivity index (χ1) is 19.5. The monoisotopic (exact) mass is 558 g/mol. The van der Waals surface area contributed by atoms with Gasteiger partial charge in [-0.3, -0.25) is 9.59 Å². The minimum absolute atomic E-state index is 0.0426. The molecule has 0 spiro atoms. The van der Waals surface area contributed by atoms with Crippen LogP contribution in [0.15, 0.2) is 60.7 Å². The predicted molar refractivity (Wildman–Crippen MR) is 159 cm³/mol. The molecular formula is C31H34N4O4S. The first kappa shape index (κ1) is 28.0. The number of benzene rings is 3. The summed E-state index contributed by atoms with van der Waals surface area (Å²) in [5.41, 5.74) is 3.70. The number of ether oxygens (including phenoxy) is 2. The van der Waals surface area contributed by atoms with E-state index in [1.165, 1.54) is 24.9 Å². The second-order valence-electron chi connectivity index (χ2n) is 9.81. The molecule has 0 aromatic heterocycles. The number of hydrogen-bond donors (Lipinski definition) is 1. The number of carbonyl (C=O) groups is 2. The van der Waals surface area contributed by atoms with Crippen LogP contribution >= 0.6 is 12.1 Å². The molecule has 1 atom stereocenters. The maximum absolute atomic E-state index is 13.2. The highest BCUT2D eigenvalue weighted by Gasteiger charge is 2.21. The van der Waals surface area contributed by atoms with Crippen LogP contribution in [0, 0.1) is 11.8 Å². The van der Waals surface area contributed by atoms with Gasteiger partial charge in [0.2, 0.25) is 0 Å². The third-order valence-electron chi connectivity index (χ3n) is 7.15. The third kappa shape index (κ3) is 6.77. The van der Waals surface area contributed by atoms with Gasteiger partial charge in [-0.15, -0.1) is 0 Å². The van der Waals surface area contributed by atoms with Crippen molar-refractivity contribution in [2.24, 2.45) is 0 Å². The number of rotatable bonds is 6. The highest BCUT2D eigenvalue weighted by molar-refractivity contribution is 7.95. The van der Waals surface area contributed by atoms with Gasteiger partial charge in [0.1, 0.15) is 6.04 Å². The van der Waals surface area contributed by atoms with E-state index in [0.717, 1.165) is 48.1 Å². The smallest absolute Gasteiger partial charge is 0.323 e. The van der Waals surface area contributed by atoms with E-state index >= 15 is 0 Å². The van der Waals surface area contributed by atoms with E-state index in [1.54, 1.807) is 6.92 Å². The number of nitrogens with zero attached hydrogens (tertiary/aromatic N) is 3. The molecule has 0 aliphatic carbocycles. The van der Waals surface area contributed by atoms with Crippen molar-refractivity contribution >= 4 is 40.5 Å². The number of fused-ring (bicyclic) bond motifs is 1. The van der Waals surface area contributed by atoms with Crippen LogP contribution in [0.1, 0.15) is 28.4 Å². The summed E-state index contributed by atoms with van der Waals surface area (Å²) < 4.78 is 15.5. The fraction of sp³-hybridized carbons (Fsp3) is 0.355.